The second kappa shape index (κ2) is 5.14. The summed E-state index contributed by atoms with van der Waals surface area (Å²) in [6.45, 7) is 6.99. The predicted molar refractivity (Wildman–Crippen MR) is 76.7 cm³/mol. The number of hydrogen-bond acceptors (Lipinski definition) is 4. The molecular weight excluding hydrogens is 298 g/mol. The Labute approximate surface area is 113 Å². The molecule has 0 aliphatic rings. The second-order valence-corrected chi connectivity index (χ2v) is 5.37. The maximum Gasteiger partial charge on any atom is 0.163 e. The predicted octanol–water partition coefficient (Wildman–Crippen LogP) is 4.02. The Morgan fingerprint density at radius 1 is 1.29 bits per heavy atom. The number of anilines is 1. The highest BCUT2D eigenvalue weighted by Gasteiger charge is 2.11. The summed E-state index contributed by atoms with van der Waals surface area (Å²) >= 11 is 5.16. The van der Waals surface area contributed by atoms with Crippen LogP contribution >= 0.6 is 27.3 Å². The van der Waals surface area contributed by atoms with Gasteiger partial charge in [-0.3, -0.25) is 0 Å². The molecule has 0 aliphatic carbocycles. The maximum absolute atomic E-state index is 4.58. The minimum absolute atomic E-state index is 0.775. The zero-order valence-corrected chi connectivity index (χ0v) is 12.4. The van der Waals surface area contributed by atoms with Crippen LogP contribution in [0.3, 0.4) is 0 Å². The SMILES string of the molecule is CCNc1nc(-c2cscc2Br)nc(C)c1C. The van der Waals surface area contributed by atoms with E-state index < -0.39 is 0 Å². The lowest BCUT2D eigenvalue weighted by Crippen LogP contribution is -2.06. The number of nitrogens with one attached hydrogen (secondary N) is 1. The first-order chi connectivity index (χ1) is 8.13. The van der Waals surface area contributed by atoms with Gasteiger partial charge >= 0.3 is 0 Å². The first-order valence-electron chi connectivity index (χ1n) is 5.44. The van der Waals surface area contributed by atoms with Crippen molar-refractivity contribution in [2.24, 2.45) is 0 Å². The average Bonchev–Trinajstić information content (AvgIpc) is 2.71. The van der Waals surface area contributed by atoms with E-state index in [-0.39, 0.29) is 0 Å². The van der Waals surface area contributed by atoms with Crippen LogP contribution in [-0.4, -0.2) is 16.5 Å². The van der Waals surface area contributed by atoms with Crippen molar-refractivity contribution in [2.45, 2.75) is 20.8 Å². The number of rotatable bonds is 3. The molecule has 5 heteroatoms. The van der Waals surface area contributed by atoms with Gasteiger partial charge in [-0.25, -0.2) is 9.97 Å². The standard InChI is InChI=1S/C12H14BrN3S/c1-4-14-11-7(2)8(3)15-12(16-11)9-5-17-6-10(9)13/h5-6H,4H2,1-3H3,(H,14,15,16). The Morgan fingerprint density at radius 2 is 2.06 bits per heavy atom. The molecule has 2 rings (SSSR count). The number of aromatic nitrogens is 2. The third kappa shape index (κ3) is 2.50. The van der Waals surface area contributed by atoms with Gasteiger partial charge in [0.25, 0.3) is 0 Å². The molecule has 0 unspecified atom stereocenters. The average molecular weight is 312 g/mol. The monoisotopic (exact) mass is 311 g/mol. The zero-order chi connectivity index (χ0) is 12.4. The molecule has 2 aromatic heterocycles. The van der Waals surface area contributed by atoms with Crippen LogP contribution in [0.5, 0.6) is 0 Å². The molecule has 0 aromatic carbocycles. The van der Waals surface area contributed by atoms with Gasteiger partial charge in [-0.15, -0.1) is 0 Å². The molecule has 0 radical (unpaired) electrons. The topological polar surface area (TPSA) is 37.8 Å². The summed E-state index contributed by atoms with van der Waals surface area (Å²) in [6.07, 6.45) is 0. The van der Waals surface area contributed by atoms with E-state index in [9.17, 15) is 0 Å². The van der Waals surface area contributed by atoms with Crippen LogP contribution in [0, 0.1) is 13.8 Å². The summed E-state index contributed by atoms with van der Waals surface area (Å²) in [5, 5.41) is 7.38. The number of halogens is 1. The molecule has 0 spiro atoms. The summed E-state index contributed by atoms with van der Waals surface area (Å²) in [6, 6.07) is 0. The van der Waals surface area contributed by atoms with Gasteiger partial charge in [0.2, 0.25) is 0 Å². The van der Waals surface area contributed by atoms with Crippen LogP contribution < -0.4 is 5.32 Å². The highest BCUT2D eigenvalue weighted by molar-refractivity contribution is 9.10. The molecule has 0 aliphatic heterocycles. The van der Waals surface area contributed by atoms with Crippen molar-refractivity contribution in [3.63, 3.8) is 0 Å². The fourth-order valence-electron chi connectivity index (χ4n) is 1.53. The smallest absolute Gasteiger partial charge is 0.163 e. The van der Waals surface area contributed by atoms with E-state index in [4.69, 9.17) is 0 Å². The van der Waals surface area contributed by atoms with Crippen LogP contribution in [0.1, 0.15) is 18.2 Å². The number of hydrogen-bond donors (Lipinski definition) is 1. The summed E-state index contributed by atoms with van der Waals surface area (Å²) in [5.41, 5.74) is 3.18. The minimum atomic E-state index is 0.775. The van der Waals surface area contributed by atoms with E-state index in [0.29, 0.717) is 0 Å². The molecule has 0 bridgehead atoms. The minimum Gasteiger partial charge on any atom is -0.370 e. The molecule has 90 valence electrons. The molecule has 0 atom stereocenters. The fraction of sp³-hybridized carbons (Fsp3) is 0.333. The van der Waals surface area contributed by atoms with E-state index in [0.717, 1.165) is 39.5 Å². The van der Waals surface area contributed by atoms with Crippen LogP contribution in [0.25, 0.3) is 11.4 Å². The molecule has 3 nitrogen and oxygen atoms in total. The van der Waals surface area contributed by atoms with Crippen molar-refractivity contribution >= 4 is 33.1 Å². The van der Waals surface area contributed by atoms with Gasteiger partial charge in [-0.2, -0.15) is 11.3 Å². The molecule has 0 saturated heterocycles. The van der Waals surface area contributed by atoms with E-state index in [1.807, 2.05) is 19.2 Å². The molecular formula is C12H14BrN3S. The molecule has 0 saturated carbocycles. The van der Waals surface area contributed by atoms with E-state index in [1.54, 1.807) is 11.3 Å². The van der Waals surface area contributed by atoms with Crippen molar-refractivity contribution < 1.29 is 0 Å². The van der Waals surface area contributed by atoms with E-state index in [1.165, 1.54) is 0 Å². The van der Waals surface area contributed by atoms with Crippen LogP contribution in [0.4, 0.5) is 5.82 Å². The molecule has 0 fully saturated rings. The van der Waals surface area contributed by atoms with Gasteiger partial charge in [0.05, 0.1) is 0 Å². The number of thiophene rings is 1. The Morgan fingerprint density at radius 3 is 2.65 bits per heavy atom. The van der Waals surface area contributed by atoms with Crippen molar-refractivity contribution in [1.82, 2.24) is 9.97 Å². The number of aryl methyl sites for hydroxylation is 1. The zero-order valence-electron chi connectivity index (χ0n) is 10.0. The highest BCUT2D eigenvalue weighted by Crippen LogP contribution is 2.30. The van der Waals surface area contributed by atoms with Crippen molar-refractivity contribution in [3.05, 3.63) is 26.5 Å². The summed E-state index contributed by atoms with van der Waals surface area (Å²) in [7, 11) is 0. The first kappa shape index (κ1) is 12.5. The van der Waals surface area contributed by atoms with Gasteiger partial charge in [-0.1, -0.05) is 0 Å². The lowest BCUT2D eigenvalue weighted by atomic mass is 10.2. The molecule has 17 heavy (non-hydrogen) atoms. The molecule has 2 aromatic rings. The first-order valence-corrected chi connectivity index (χ1v) is 7.18. The Balaban J connectivity index is 2.53. The number of nitrogens with zero attached hydrogens (tertiary/aromatic N) is 2. The largest absolute Gasteiger partial charge is 0.370 e. The Kier molecular flexibility index (Phi) is 3.79. The van der Waals surface area contributed by atoms with Crippen molar-refractivity contribution in [1.29, 1.82) is 0 Å². The lowest BCUT2D eigenvalue weighted by Gasteiger charge is -2.10. The summed E-state index contributed by atoms with van der Waals surface area (Å²) in [5.74, 6) is 1.70. The molecule has 0 amide bonds. The molecule has 2 heterocycles. The van der Waals surface area contributed by atoms with Crippen LogP contribution in [-0.2, 0) is 0 Å². The van der Waals surface area contributed by atoms with Gasteiger partial charge < -0.3 is 5.32 Å². The summed E-state index contributed by atoms with van der Waals surface area (Å²) in [4.78, 5) is 9.13. The van der Waals surface area contributed by atoms with Gasteiger partial charge in [-0.05, 0) is 36.7 Å². The second-order valence-electron chi connectivity index (χ2n) is 3.77. The highest BCUT2D eigenvalue weighted by atomic mass is 79.9. The normalized spacial score (nSPS) is 10.6. The summed E-state index contributed by atoms with van der Waals surface area (Å²) < 4.78 is 1.05. The van der Waals surface area contributed by atoms with E-state index >= 15 is 0 Å². The quantitative estimate of drug-likeness (QED) is 0.930. The van der Waals surface area contributed by atoms with Crippen molar-refractivity contribution in [2.75, 3.05) is 11.9 Å². The third-order valence-electron chi connectivity index (χ3n) is 2.59. The van der Waals surface area contributed by atoms with Gasteiger partial charge in [0.15, 0.2) is 5.82 Å². The molecule has 1 N–H and O–H groups in total. The Hall–Kier alpha value is -0.940. The van der Waals surface area contributed by atoms with Gasteiger partial charge in [0.1, 0.15) is 5.82 Å². The third-order valence-corrected chi connectivity index (χ3v) is 4.29. The van der Waals surface area contributed by atoms with Crippen LogP contribution in [0.15, 0.2) is 15.2 Å². The van der Waals surface area contributed by atoms with Crippen LogP contribution in [0.2, 0.25) is 0 Å². The van der Waals surface area contributed by atoms with Gasteiger partial charge in [0, 0.05) is 38.6 Å². The fourth-order valence-corrected chi connectivity index (χ4v) is 2.98. The maximum atomic E-state index is 4.58. The van der Waals surface area contributed by atoms with E-state index in [2.05, 4.69) is 43.5 Å². The van der Waals surface area contributed by atoms with Crippen molar-refractivity contribution in [3.8, 4) is 11.4 Å². The Bertz CT molecular complexity index is 537. The lowest BCUT2D eigenvalue weighted by molar-refractivity contribution is 1.05.